The van der Waals surface area contributed by atoms with Crippen LogP contribution in [0.5, 0.6) is 0 Å². The van der Waals surface area contributed by atoms with Gasteiger partial charge in [0.25, 0.3) is 10.3 Å². The van der Waals surface area contributed by atoms with Gasteiger partial charge in [0.15, 0.2) is 11.7 Å². The van der Waals surface area contributed by atoms with E-state index in [0.717, 1.165) is 31.2 Å². The molecule has 1 saturated carbocycles. The fourth-order valence-electron chi connectivity index (χ4n) is 3.74. The van der Waals surface area contributed by atoms with Gasteiger partial charge in [-0.3, -0.25) is 0 Å². The summed E-state index contributed by atoms with van der Waals surface area (Å²) >= 11 is 7.74. The summed E-state index contributed by atoms with van der Waals surface area (Å²) in [5.74, 6) is 1.43. The van der Waals surface area contributed by atoms with Gasteiger partial charge in [0.2, 0.25) is 10.0 Å². The number of primary sulfonamides is 1. The molecule has 13 heteroatoms. The molecule has 1 aliphatic rings. The fraction of sp³-hybridized carbons (Fsp3) is 0.292. The van der Waals surface area contributed by atoms with E-state index in [2.05, 4.69) is 35.9 Å². The monoisotopic (exact) mass is 570 g/mol. The highest BCUT2D eigenvalue weighted by Gasteiger charge is 2.27. The number of aromatic nitrogens is 1. The van der Waals surface area contributed by atoms with Crippen LogP contribution in [0.1, 0.15) is 51.3 Å². The molecule has 0 spiro atoms. The molecule has 1 aliphatic carbocycles. The van der Waals surface area contributed by atoms with E-state index in [1.54, 1.807) is 18.2 Å². The molecule has 10 N–H and O–H groups in total. The van der Waals surface area contributed by atoms with E-state index in [-0.39, 0.29) is 23.7 Å². The quantitative estimate of drug-likeness (QED) is 0.283. The van der Waals surface area contributed by atoms with Gasteiger partial charge in [-0.25, -0.2) is 18.5 Å². The lowest BCUT2D eigenvalue weighted by Crippen LogP contribution is -2.13. The van der Waals surface area contributed by atoms with Crippen LogP contribution in [0.25, 0.3) is 22.6 Å². The van der Waals surface area contributed by atoms with Crippen molar-refractivity contribution in [3.05, 3.63) is 60.5 Å². The van der Waals surface area contributed by atoms with Crippen LogP contribution in [-0.4, -0.2) is 39.4 Å². The Kier molecular flexibility index (Phi) is 14.6. The van der Waals surface area contributed by atoms with Crippen LogP contribution in [0.3, 0.4) is 0 Å². The van der Waals surface area contributed by atoms with Gasteiger partial charge in [-0.1, -0.05) is 69.2 Å². The fourth-order valence-corrected chi connectivity index (χ4v) is 4.47. The number of rotatable bonds is 4. The van der Waals surface area contributed by atoms with Gasteiger partial charge in [0.05, 0.1) is 4.90 Å². The Morgan fingerprint density at radius 1 is 0.919 bits per heavy atom. The molecule has 0 amide bonds. The van der Waals surface area contributed by atoms with Crippen LogP contribution in [0.15, 0.2) is 63.9 Å². The maximum absolute atomic E-state index is 12.1. The maximum Gasteiger partial charge on any atom is 0.251 e. The first-order valence-corrected chi connectivity index (χ1v) is 13.0. The summed E-state index contributed by atoms with van der Waals surface area (Å²) in [6.45, 7) is 0. The van der Waals surface area contributed by atoms with Gasteiger partial charge in [0, 0.05) is 17.0 Å². The third kappa shape index (κ3) is 10.8. The molecule has 0 atom stereocenters. The van der Waals surface area contributed by atoms with Crippen molar-refractivity contribution in [3.8, 4) is 22.6 Å². The number of sulfonamides is 1. The predicted molar refractivity (Wildman–Crippen MR) is 154 cm³/mol. The zero-order valence-electron chi connectivity index (χ0n) is 19.3. The smallest absolute Gasteiger partial charge is 0.251 e. The summed E-state index contributed by atoms with van der Waals surface area (Å²) in [5.41, 5.74) is 10.8. The van der Waals surface area contributed by atoms with E-state index >= 15 is 0 Å². The number of nitrogens with zero attached hydrogens (tertiary/aromatic N) is 1. The number of nitrogens with two attached hydrogens (primary N) is 3. The van der Waals surface area contributed by atoms with E-state index < -0.39 is 20.4 Å². The molecule has 0 radical (unpaired) electrons. The number of thiocarbonyl (C=S) groups is 2. The Bertz CT molecular complexity index is 1220. The first-order chi connectivity index (χ1) is 16.5. The minimum absolute atomic E-state index is 0. The molecule has 1 fully saturated rings. The first-order valence-electron chi connectivity index (χ1n) is 10.7. The summed E-state index contributed by atoms with van der Waals surface area (Å²) in [6.07, 6.45) is 5.66. The number of aliphatic hydroxyl groups is 2. The second kappa shape index (κ2) is 15.9. The van der Waals surface area contributed by atoms with Crippen molar-refractivity contribution in [1.82, 2.24) is 4.98 Å². The maximum atomic E-state index is 12.1. The van der Waals surface area contributed by atoms with Crippen molar-refractivity contribution in [3.63, 3.8) is 0 Å². The molecule has 10 nitrogen and oxygen atoms in total. The van der Waals surface area contributed by atoms with Crippen molar-refractivity contribution >= 4 is 44.8 Å². The molecular weight excluding hydrogens is 536 g/mol. The van der Waals surface area contributed by atoms with Gasteiger partial charge >= 0.3 is 0 Å². The minimum atomic E-state index is -3.88. The zero-order chi connectivity index (χ0) is 26.0. The topological polar surface area (TPSA) is 210 Å². The summed E-state index contributed by atoms with van der Waals surface area (Å²) in [7, 11) is -3.88. The number of oxazole rings is 1. The average Bonchev–Trinajstić information content (AvgIpc) is 3.24. The van der Waals surface area contributed by atoms with Crippen LogP contribution in [0, 0.1) is 0 Å². The van der Waals surface area contributed by atoms with Gasteiger partial charge in [-0.2, -0.15) is 0 Å². The standard InChI is InChI=1S/C21H22N2O3S.2CH3NOS.CH4.H2O/c22-27(24,25)18-14-8-7-13-17(18)20-19(15-9-3-1-4-10-15)23-21(26-20)16-11-5-2-6-12-16;2*2-1(3)4;;/h1,3-4,7-10,13-14,16H,2,5-6,11-12H2,(H2,22,24,25);2*(H3,2,3,4);1H4;1H2. The largest absolute Gasteiger partial charge is 0.487 e. The third-order valence-electron chi connectivity index (χ3n) is 5.08. The van der Waals surface area contributed by atoms with Crippen LogP contribution in [0.4, 0.5) is 0 Å². The van der Waals surface area contributed by atoms with Crippen molar-refractivity contribution in [2.24, 2.45) is 16.6 Å². The highest BCUT2D eigenvalue weighted by molar-refractivity contribution is 7.89. The lowest BCUT2D eigenvalue weighted by molar-refractivity contribution is 0.367. The Balaban J connectivity index is 0.00000115. The summed E-state index contributed by atoms with van der Waals surface area (Å²) < 4.78 is 30.4. The molecule has 2 aromatic carbocycles. The molecule has 4 rings (SSSR count). The van der Waals surface area contributed by atoms with E-state index in [0.29, 0.717) is 22.9 Å². The van der Waals surface area contributed by atoms with Crippen LogP contribution in [0.2, 0.25) is 0 Å². The lowest BCUT2D eigenvalue weighted by atomic mass is 9.89. The lowest BCUT2D eigenvalue weighted by Gasteiger charge is -2.18. The van der Waals surface area contributed by atoms with Crippen molar-refractivity contribution < 1.29 is 28.5 Å². The Labute approximate surface area is 227 Å². The van der Waals surface area contributed by atoms with E-state index in [9.17, 15) is 8.42 Å². The molecule has 1 aromatic heterocycles. The Morgan fingerprint density at radius 3 is 1.92 bits per heavy atom. The summed E-state index contributed by atoms with van der Waals surface area (Å²) in [5, 5.41) is 19.6. The van der Waals surface area contributed by atoms with Gasteiger partial charge in [-0.05, 0) is 49.4 Å². The highest BCUT2D eigenvalue weighted by Crippen LogP contribution is 2.40. The molecule has 3 aromatic rings. The van der Waals surface area contributed by atoms with E-state index in [1.165, 1.54) is 12.5 Å². The molecule has 37 heavy (non-hydrogen) atoms. The Hall–Kier alpha value is -3.10. The van der Waals surface area contributed by atoms with Crippen LogP contribution < -0.4 is 16.6 Å². The third-order valence-corrected chi connectivity index (χ3v) is 6.05. The minimum Gasteiger partial charge on any atom is -0.487 e. The second-order valence-corrected chi connectivity index (χ2v) is 10.0. The molecule has 0 bridgehead atoms. The van der Waals surface area contributed by atoms with Crippen LogP contribution >= 0.6 is 24.4 Å². The average molecular weight is 571 g/mol. The second-order valence-electron chi connectivity index (χ2n) is 7.65. The first kappa shape index (κ1) is 33.9. The van der Waals surface area contributed by atoms with Crippen LogP contribution in [-0.2, 0) is 10.0 Å². The Morgan fingerprint density at radius 2 is 1.41 bits per heavy atom. The van der Waals surface area contributed by atoms with Gasteiger partial charge in [-0.15, -0.1) is 0 Å². The van der Waals surface area contributed by atoms with Crippen molar-refractivity contribution in [2.75, 3.05) is 0 Å². The number of benzene rings is 2. The molecular formula is C24H34N4O6S3. The molecule has 204 valence electrons. The van der Waals surface area contributed by atoms with Crippen molar-refractivity contribution in [1.29, 1.82) is 0 Å². The summed E-state index contributed by atoms with van der Waals surface area (Å²) in [4.78, 5) is 4.85. The zero-order valence-corrected chi connectivity index (χ0v) is 21.8. The van der Waals surface area contributed by atoms with E-state index in [4.69, 9.17) is 24.8 Å². The predicted octanol–water partition coefficient (Wildman–Crippen LogP) is 4.09. The summed E-state index contributed by atoms with van der Waals surface area (Å²) in [6, 6.07) is 16.4. The normalized spacial score (nSPS) is 12.8. The number of hydrogen-bond donors (Lipinski definition) is 5. The SMILES string of the molecule is C.NC(O)=S.NC(O)=S.NS(=O)(=O)c1ccccc1-c1oc(C2CCCCC2)nc1-c1ccccc1.O. The molecule has 1 heterocycles. The van der Waals surface area contributed by atoms with Gasteiger partial charge in [0.1, 0.15) is 5.69 Å². The van der Waals surface area contributed by atoms with Crippen molar-refractivity contribution in [2.45, 2.75) is 50.3 Å². The molecule has 0 aliphatic heterocycles. The number of aliphatic hydroxyl groups excluding tert-OH is 2. The number of hydrogen-bond acceptors (Lipinski definition) is 6. The highest BCUT2D eigenvalue weighted by atomic mass is 32.2. The molecule has 0 saturated heterocycles. The van der Waals surface area contributed by atoms with Gasteiger partial charge < -0.3 is 31.6 Å². The molecule has 0 unspecified atom stereocenters. The van der Waals surface area contributed by atoms with E-state index in [1.807, 2.05) is 30.3 Å².